The number of carboxylic acids is 1. The van der Waals surface area contributed by atoms with E-state index in [-0.39, 0.29) is 11.9 Å². The molecule has 1 aliphatic rings. The Kier molecular flexibility index (Phi) is 4.93. The van der Waals surface area contributed by atoms with E-state index in [9.17, 15) is 14.7 Å². The third-order valence-corrected chi connectivity index (χ3v) is 5.31. The van der Waals surface area contributed by atoms with Crippen LogP contribution in [0.1, 0.15) is 37.8 Å². The van der Waals surface area contributed by atoms with Gasteiger partial charge in [0, 0.05) is 37.9 Å². The van der Waals surface area contributed by atoms with E-state index in [0.717, 1.165) is 5.56 Å². The number of nitrogens with zero attached hydrogens (tertiary/aromatic N) is 2. The lowest BCUT2D eigenvalue weighted by Gasteiger charge is -2.39. The molecular formula is C20H24N2O3. The molecule has 5 heteroatoms. The van der Waals surface area contributed by atoms with Crippen molar-refractivity contribution >= 4 is 11.9 Å². The second kappa shape index (κ2) is 7.13. The molecule has 0 unspecified atom stereocenters. The molecule has 0 bridgehead atoms. The van der Waals surface area contributed by atoms with Gasteiger partial charge < -0.3 is 14.6 Å². The van der Waals surface area contributed by atoms with E-state index in [0.29, 0.717) is 32.4 Å². The molecule has 0 radical (unpaired) electrons. The molecule has 132 valence electrons. The number of rotatable bonds is 5. The van der Waals surface area contributed by atoms with Gasteiger partial charge in [-0.25, -0.2) is 0 Å². The zero-order chi connectivity index (χ0) is 17.9. The summed E-state index contributed by atoms with van der Waals surface area (Å²) < 4.78 is 2.02. The van der Waals surface area contributed by atoms with Crippen LogP contribution < -0.4 is 0 Å². The standard InChI is InChI=1S/C20H24N2O3/c1-16(21-11-5-6-12-21)15-18(23)22-13-9-20(10-14-22,19(24)25)17-7-3-2-4-8-17/h2-8,11-12,16H,9-10,13-15H2,1H3,(H,24,25)/t16-/m1/s1. The fourth-order valence-corrected chi connectivity index (χ4v) is 3.65. The summed E-state index contributed by atoms with van der Waals surface area (Å²) >= 11 is 0. The second-order valence-electron chi connectivity index (χ2n) is 6.82. The molecule has 2 aromatic rings. The summed E-state index contributed by atoms with van der Waals surface area (Å²) in [6.45, 7) is 2.99. The fraction of sp³-hybridized carbons (Fsp3) is 0.400. The van der Waals surface area contributed by atoms with Gasteiger partial charge in [0.25, 0.3) is 0 Å². The molecule has 1 aromatic carbocycles. The van der Waals surface area contributed by atoms with Crippen LogP contribution in [-0.4, -0.2) is 39.5 Å². The molecule has 1 fully saturated rings. The minimum Gasteiger partial charge on any atom is -0.481 e. The first kappa shape index (κ1) is 17.3. The van der Waals surface area contributed by atoms with Crippen molar-refractivity contribution in [2.75, 3.05) is 13.1 Å². The summed E-state index contributed by atoms with van der Waals surface area (Å²) in [6.07, 6.45) is 5.25. The molecule has 25 heavy (non-hydrogen) atoms. The van der Waals surface area contributed by atoms with Crippen LogP contribution in [-0.2, 0) is 15.0 Å². The van der Waals surface area contributed by atoms with Crippen molar-refractivity contribution < 1.29 is 14.7 Å². The Morgan fingerprint density at radius 1 is 1.08 bits per heavy atom. The summed E-state index contributed by atoms with van der Waals surface area (Å²) in [5.41, 5.74) is -0.0558. The zero-order valence-electron chi connectivity index (χ0n) is 14.5. The minimum atomic E-state index is -0.885. The average Bonchev–Trinajstić information content (AvgIpc) is 3.17. The largest absolute Gasteiger partial charge is 0.481 e. The topological polar surface area (TPSA) is 62.5 Å². The van der Waals surface area contributed by atoms with Gasteiger partial charge in [-0.2, -0.15) is 0 Å². The Morgan fingerprint density at radius 2 is 1.68 bits per heavy atom. The average molecular weight is 340 g/mol. The van der Waals surface area contributed by atoms with E-state index >= 15 is 0 Å². The fourth-order valence-electron chi connectivity index (χ4n) is 3.65. The number of amides is 1. The number of carbonyl (C=O) groups excluding carboxylic acids is 1. The Bertz CT molecular complexity index is 717. The lowest BCUT2D eigenvalue weighted by Crippen LogP contribution is -2.49. The lowest BCUT2D eigenvalue weighted by atomic mass is 9.73. The van der Waals surface area contributed by atoms with E-state index in [4.69, 9.17) is 0 Å². The first-order valence-electron chi connectivity index (χ1n) is 8.72. The predicted molar refractivity (Wildman–Crippen MR) is 95.3 cm³/mol. The zero-order valence-corrected chi connectivity index (χ0v) is 14.5. The summed E-state index contributed by atoms with van der Waals surface area (Å²) in [7, 11) is 0. The number of benzene rings is 1. The van der Waals surface area contributed by atoms with Crippen LogP contribution >= 0.6 is 0 Å². The Hall–Kier alpha value is -2.56. The van der Waals surface area contributed by atoms with Crippen LogP contribution in [0, 0.1) is 0 Å². The maximum Gasteiger partial charge on any atom is 0.314 e. The molecule has 1 atom stereocenters. The number of aliphatic carboxylic acids is 1. The molecule has 1 amide bonds. The van der Waals surface area contributed by atoms with Crippen molar-refractivity contribution in [2.24, 2.45) is 0 Å². The molecule has 3 rings (SSSR count). The van der Waals surface area contributed by atoms with Crippen LogP contribution in [0.25, 0.3) is 0 Å². The van der Waals surface area contributed by atoms with Crippen molar-refractivity contribution in [2.45, 2.75) is 37.6 Å². The number of carbonyl (C=O) groups is 2. The summed E-state index contributed by atoms with van der Waals surface area (Å²) in [5, 5.41) is 9.83. The van der Waals surface area contributed by atoms with Gasteiger partial charge in [0.2, 0.25) is 5.91 Å². The van der Waals surface area contributed by atoms with Gasteiger partial charge >= 0.3 is 5.97 Å². The van der Waals surface area contributed by atoms with Gasteiger partial charge in [0.15, 0.2) is 0 Å². The van der Waals surface area contributed by atoms with Crippen LogP contribution in [0.5, 0.6) is 0 Å². The first-order chi connectivity index (χ1) is 12.0. The monoisotopic (exact) mass is 340 g/mol. The van der Waals surface area contributed by atoms with Gasteiger partial charge in [-0.15, -0.1) is 0 Å². The summed E-state index contributed by atoms with van der Waals surface area (Å²) in [5.74, 6) is -0.709. The lowest BCUT2D eigenvalue weighted by molar-refractivity contribution is -0.148. The Labute approximate surface area is 147 Å². The van der Waals surface area contributed by atoms with E-state index in [2.05, 4.69) is 0 Å². The maximum atomic E-state index is 12.6. The van der Waals surface area contributed by atoms with Crippen molar-refractivity contribution in [1.82, 2.24) is 9.47 Å². The normalized spacial score (nSPS) is 17.9. The van der Waals surface area contributed by atoms with Gasteiger partial charge in [-0.05, 0) is 37.5 Å². The third kappa shape index (κ3) is 3.45. The molecule has 1 saturated heterocycles. The molecule has 0 saturated carbocycles. The highest BCUT2D eigenvalue weighted by molar-refractivity contribution is 5.82. The van der Waals surface area contributed by atoms with Crippen molar-refractivity contribution in [3.8, 4) is 0 Å². The van der Waals surface area contributed by atoms with E-state index in [1.807, 2.05) is 71.2 Å². The van der Waals surface area contributed by atoms with Crippen LogP contribution in [0.3, 0.4) is 0 Å². The third-order valence-electron chi connectivity index (χ3n) is 5.31. The van der Waals surface area contributed by atoms with Gasteiger partial charge in [-0.3, -0.25) is 9.59 Å². The van der Waals surface area contributed by atoms with Gasteiger partial charge in [0.05, 0.1) is 5.41 Å². The van der Waals surface area contributed by atoms with Crippen molar-refractivity contribution in [1.29, 1.82) is 0 Å². The molecule has 2 heterocycles. The maximum absolute atomic E-state index is 12.6. The SMILES string of the molecule is C[C@H](CC(=O)N1CCC(C(=O)O)(c2ccccc2)CC1)n1cccc1. The van der Waals surface area contributed by atoms with Crippen LogP contribution in [0.15, 0.2) is 54.9 Å². The first-order valence-corrected chi connectivity index (χ1v) is 8.72. The number of hydrogen-bond acceptors (Lipinski definition) is 2. The quantitative estimate of drug-likeness (QED) is 0.910. The number of piperidine rings is 1. The van der Waals surface area contributed by atoms with Gasteiger partial charge in [-0.1, -0.05) is 30.3 Å². The van der Waals surface area contributed by atoms with Crippen molar-refractivity contribution in [3.05, 3.63) is 60.4 Å². The highest BCUT2D eigenvalue weighted by Crippen LogP contribution is 2.36. The van der Waals surface area contributed by atoms with E-state index in [1.54, 1.807) is 0 Å². The number of likely N-dealkylation sites (tertiary alicyclic amines) is 1. The second-order valence-corrected chi connectivity index (χ2v) is 6.82. The molecule has 1 N–H and O–H groups in total. The molecule has 1 aromatic heterocycles. The molecule has 0 spiro atoms. The predicted octanol–water partition coefficient (Wildman–Crippen LogP) is 3.08. The molecule has 5 nitrogen and oxygen atoms in total. The van der Waals surface area contributed by atoms with Gasteiger partial charge in [0.1, 0.15) is 0 Å². The highest BCUT2D eigenvalue weighted by atomic mass is 16.4. The smallest absolute Gasteiger partial charge is 0.314 e. The minimum absolute atomic E-state index is 0.0910. The number of aromatic nitrogens is 1. The molecule has 0 aliphatic carbocycles. The highest BCUT2D eigenvalue weighted by Gasteiger charge is 2.43. The molecule has 1 aliphatic heterocycles. The van der Waals surface area contributed by atoms with E-state index in [1.165, 1.54) is 0 Å². The number of hydrogen-bond donors (Lipinski definition) is 1. The summed E-state index contributed by atoms with van der Waals surface area (Å²) in [4.78, 5) is 26.4. The van der Waals surface area contributed by atoms with Crippen LogP contribution in [0.2, 0.25) is 0 Å². The van der Waals surface area contributed by atoms with E-state index < -0.39 is 11.4 Å². The van der Waals surface area contributed by atoms with Crippen LogP contribution in [0.4, 0.5) is 0 Å². The Morgan fingerprint density at radius 3 is 2.24 bits per heavy atom. The number of carboxylic acid groups (broad SMARTS) is 1. The Balaban J connectivity index is 1.66. The van der Waals surface area contributed by atoms with Crippen molar-refractivity contribution in [3.63, 3.8) is 0 Å². The molecular weight excluding hydrogens is 316 g/mol. The summed E-state index contributed by atoms with van der Waals surface area (Å²) in [6, 6.07) is 13.4.